The lowest BCUT2D eigenvalue weighted by molar-refractivity contribution is -0.116. The van der Waals surface area contributed by atoms with Gasteiger partial charge in [0.2, 0.25) is 5.91 Å². The molecule has 0 aliphatic carbocycles. The van der Waals surface area contributed by atoms with Crippen LogP contribution in [0.25, 0.3) is 0 Å². The van der Waals surface area contributed by atoms with Gasteiger partial charge in [0.15, 0.2) is 8.32 Å². The van der Waals surface area contributed by atoms with Crippen LogP contribution in [0.2, 0.25) is 18.1 Å². The number of amides is 2. The van der Waals surface area contributed by atoms with Crippen LogP contribution in [0.3, 0.4) is 0 Å². The molecular weight excluding hydrogens is 460 g/mol. The van der Waals surface area contributed by atoms with Crippen LogP contribution in [0, 0.1) is 0 Å². The van der Waals surface area contributed by atoms with Crippen molar-refractivity contribution >= 4 is 31.8 Å². The number of fused-ring (bicyclic) bond motifs is 1. The molecule has 1 fully saturated rings. The van der Waals surface area contributed by atoms with Gasteiger partial charge in [-0.25, -0.2) is 9.78 Å². The third kappa shape index (κ3) is 5.99. The second-order valence-electron chi connectivity index (χ2n) is 12.3. The van der Waals surface area contributed by atoms with Gasteiger partial charge < -0.3 is 14.1 Å². The highest BCUT2D eigenvalue weighted by Crippen LogP contribution is 2.39. The van der Waals surface area contributed by atoms with Crippen LogP contribution in [-0.2, 0) is 20.4 Å². The number of rotatable bonds is 4. The fraction of sp³-hybridized carbons (Fsp3) is 0.731. The number of ether oxygens (including phenoxy) is 1. The molecule has 196 valence electrons. The summed E-state index contributed by atoms with van der Waals surface area (Å²) >= 11 is 0. The first-order valence-corrected chi connectivity index (χ1v) is 15.6. The molecule has 1 aromatic heterocycles. The molecule has 8 nitrogen and oxygen atoms in total. The van der Waals surface area contributed by atoms with Gasteiger partial charge in [0.05, 0.1) is 12.1 Å². The normalized spacial score (nSPS) is 20.1. The second kappa shape index (κ2) is 9.73. The molecule has 2 aliphatic rings. The van der Waals surface area contributed by atoms with E-state index < -0.39 is 13.9 Å². The van der Waals surface area contributed by atoms with E-state index in [9.17, 15) is 9.59 Å². The van der Waals surface area contributed by atoms with Crippen LogP contribution in [0.4, 0.5) is 16.3 Å². The maximum Gasteiger partial charge on any atom is 0.410 e. The van der Waals surface area contributed by atoms with Gasteiger partial charge in [0, 0.05) is 50.6 Å². The van der Waals surface area contributed by atoms with Crippen molar-refractivity contribution in [1.29, 1.82) is 0 Å². The molecule has 1 unspecified atom stereocenters. The average molecular weight is 505 g/mol. The standard InChI is InChI=1S/C26H44N4O4Si/c1-18(34-35(9,10)26(6,7)8)22-17-28(15-16-30(22)24(32)33-25(3,4)5)21-11-13-27-23-20(21)12-14-29(23)19(2)31/h11,13,18,22H,12,14-17H2,1-10H3/t18?,22-/m1/s1. The molecule has 3 rings (SSSR count). The molecule has 1 aromatic rings. The zero-order chi connectivity index (χ0) is 26.3. The summed E-state index contributed by atoms with van der Waals surface area (Å²) in [6, 6.07) is 1.86. The van der Waals surface area contributed by atoms with E-state index in [2.05, 4.69) is 50.7 Å². The van der Waals surface area contributed by atoms with Crippen LogP contribution < -0.4 is 9.80 Å². The van der Waals surface area contributed by atoms with Gasteiger partial charge in [-0.15, -0.1) is 0 Å². The predicted octanol–water partition coefficient (Wildman–Crippen LogP) is 4.83. The summed E-state index contributed by atoms with van der Waals surface area (Å²) < 4.78 is 12.6. The Balaban J connectivity index is 1.91. The molecule has 3 heterocycles. The summed E-state index contributed by atoms with van der Waals surface area (Å²) in [4.78, 5) is 35.7. The lowest BCUT2D eigenvalue weighted by atomic mass is 10.0. The molecule has 0 N–H and O–H groups in total. The highest BCUT2D eigenvalue weighted by atomic mass is 28.4. The number of hydrogen-bond acceptors (Lipinski definition) is 6. The molecule has 2 amide bonds. The van der Waals surface area contributed by atoms with Gasteiger partial charge in [0.1, 0.15) is 11.4 Å². The van der Waals surface area contributed by atoms with Crippen LogP contribution in [0.15, 0.2) is 12.3 Å². The van der Waals surface area contributed by atoms with Crippen LogP contribution in [0.5, 0.6) is 0 Å². The highest BCUT2D eigenvalue weighted by Gasteiger charge is 2.43. The van der Waals surface area contributed by atoms with Gasteiger partial charge in [-0.1, -0.05) is 20.8 Å². The molecule has 2 aliphatic heterocycles. The fourth-order valence-electron chi connectivity index (χ4n) is 4.57. The Labute approximate surface area is 212 Å². The third-order valence-electron chi connectivity index (χ3n) is 7.45. The topological polar surface area (TPSA) is 75.2 Å². The van der Waals surface area contributed by atoms with E-state index in [1.807, 2.05) is 31.7 Å². The number of carbonyl (C=O) groups excluding carboxylic acids is 2. The second-order valence-corrected chi connectivity index (χ2v) is 17.1. The number of aromatic nitrogens is 1. The average Bonchev–Trinajstić information content (AvgIpc) is 3.15. The van der Waals surface area contributed by atoms with Crippen molar-refractivity contribution in [3.8, 4) is 0 Å². The first-order chi connectivity index (χ1) is 16.0. The molecule has 2 atom stereocenters. The lowest BCUT2D eigenvalue weighted by Gasteiger charge is -2.47. The predicted molar refractivity (Wildman–Crippen MR) is 143 cm³/mol. The van der Waals surface area contributed by atoms with E-state index in [-0.39, 0.29) is 29.2 Å². The third-order valence-corrected chi connectivity index (χ3v) is 12.0. The van der Waals surface area contributed by atoms with Gasteiger partial charge in [-0.2, -0.15) is 0 Å². The van der Waals surface area contributed by atoms with E-state index in [4.69, 9.17) is 9.16 Å². The Morgan fingerprint density at radius 2 is 1.77 bits per heavy atom. The van der Waals surface area contributed by atoms with Crippen molar-refractivity contribution in [2.24, 2.45) is 0 Å². The minimum atomic E-state index is -2.05. The zero-order valence-electron chi connectivity index (χ0n) is 23.3. The Morgan fingerprint density at radius 3 is 2.34 bits per heavy atom. The Kier molecular flexibility index (Phi) is 7.63. The molecule has 0 bridgehead atoms. The number of nitrogens with zero attached hydrogens (tertiary/aromatic N) is 4. The molecule has 0 saturated carbocycles. The van der Waals surface area contributed by atoms with E-state index in [1.165, 1.54) is 0 Å². The van der Waals surface area contributed by atoms with Gasteiger partial charge in [0.25, 0.3) is 0 Å². The van der Waals surface area contributed by atoms with Crippen molar-refractivity contribution in [2.75, 3.05) is 36.0 Å². The number of hydrogen-bond donors (Lipinski definition) is 0. The summed E-state index contributed by atoms with van der Waals surface area (Å²) in [6.45, 7) is 23.0. The highest BCUT2D eigenvalue weighted by molar-refractivity contribution is 6.74. The van der Waals surface area contributed by atoms with E-state index in [1.54, 1.807) is 18.0 Å². The van der Waals surface area contributed by atoms with Crippen LogP contribution in [0.1, 0.15) is 61.0 Å². The van der Waals surface area contributed by atoms with Crippen molar-refractivity contribution < 1.29 is 18.8 Å². The van der Waals surface area contributed by atoms with Crippen LogP contribution >= 0.6 is 0 Å². The maximum absolute atomic E-state index is 13.2. The van der Waals surface area contributed by atoms with E-state index in [0.29, 0.717) is 26.2 Å². The minimum absolute atomic E-state index is 0.0115. The number of anilines is 2. The Morgan fingerprint density at radius 1 is 1.11 bits per heavy atom. The molecule has 0 radical (unpaired) electrons. The van der Waals surface area contributed by atoms with Crippen molar-refractivity contribution in [3.05, 3.63) is 17.8 Å². The molecule has 35 heavy (non-hydrogen) atoms. The molecule has 9 heteroatoms. The molecule has 0 spiro atoms. The summed E-state index contributed by atoms with van der Waals surface area (Å²) in [5.74, 6) is 0.768. The SMILES string of the molecule is CC(=O)N1CCc2c(N3CCN(C(=O)OC(C)(C)C)[C@@H](C(C)O[Si](C)(C)C(C)(C)C)C3)ccnc21. The number of pyridine rings is 1. The largest absolute Gasteiger partial charge is 0.444 e. The van der Waals surface area contributed by atoms with Crippen molar-refractivity contribution in [3.63, 3.8) is 0 Å². The van der Waals surface area contributed by atoms with E-state index >= 15 is 0 Å². The van der Waals surface area contributed by atoms with Crippen molar-refractivity contribution in [1.82, 2.24) is 9.88 Å². The summed E-state index contributed by atoms with van der Waals surface area (Å²) in [7, 11) is -2.05. The molecule has 0 aromatic carbocycles. The van der Waals surface area contributed by atoms with Crippen LogP contribution in [-0.4, -0.2) is 74.1 Å². The Bertz CT molecular complexity index is 954. The first kappa shape index (κ1) is 27.5. The smallest absolute Gasteiger partial charge is 0.410 e. The Hall–Kier alpha value is -2.13. The molecule has 1 saturated heterocycles. The number of carbonyl (C=O) groups is 2. The molecular formula is C26H44N4O4Si. The van der Waals surface area contributed by atoms with Gasteiger partial charge in [-0.3, -0.25) is 14.6 Å². The van der Waals surface area contributed by atoms with Gasteiger partial charge >= 0.3 is 6.09 Å². The van der Waals surface area contributed by atoms with E-state index in [0.717, 1.165) is 23.5 Å². The van der Waals surface area contributed by atoms with Crippen molar-refractivity contribution in [2.45, 2.75) is 97.7 Å². The zero-order valence-corrected chi connectivity index (χ0v) is 24.3. The first-order valence-electron chi connectivity index (χ1n) is 12.7. The summed E-state index contributed by atoms with van der Waals surface area (Å²) in [6.07, 6.45) is 2.11. The fourth-order valence-corrected chi connectivity index (χ4v) is 6.01. The number of piperazine rings is 1. The van der Waals surface area contributed by atoms with Gasteiger partial charge in [-0.05, 0) is 58.3 Å². The quantitative estimate of drug-likeness (QED) is 0.547. The minimum Gasteiger partial charge on any atom is -0.444 e. The maximum atomic E-state index is 13.2. The summed E-state index contributed by atoms with van der Waals surface area (Å²) in [5.41, 5.74) is 1.63. The monoisotopic (exact) mass is 504 g/mol. The summed E-state index contributed by atoms with van der Waals surface area (Å²) in [5, 5.41) is 0.0639. The lowest BCUT2D eigenvalue weighted by Crippen LogP contribution is -2.62.